The zero-order valence-corrected chi connectivity index (χ0v) is 12.2. The van der Waals surface area contributed by atoms with Crippen LogP contribution in [-0.2, 0) is 6.54 Å². The third kappa shape index (κ3) is 3.07. The predicted octanol–water partition coefficient (Wildman–Crippen LogP) is 1.75. The van der Waals surface area contributed by atoms with E-state index in [9.17, 15) is 4.79 Å². The van der Waals surface area contributed by atoms with Gasteiger partial charge in [-0.25, -0.2) is 0 Å². The van der Waals surface area contributed by atoms with Crippen LogP contribution in [0.1, 0.15) is 17.4 Å². The van der Waals surface area contributed by atoms with E-state index >= 15 is 0 Å². The van der Waals surface area contributed by atoms with E-state index in [1.165, 1.54) is 7.11 Å². The summed E-state index contributed by atoms with van der Waals surface area (Å²) in [5.74, 6) is 0.750. The Morgan fingerprint density at radius 1 is 1.33 bits per heavy atom. The zero-order valence-electron chi connectivity index (χ0n) is 12.2. The van der Waals surface area contributed by atoms with Crippen molar-refractivity contribution in [2.24, 2.45) is 0 Å². The molecule has 0 aliphatic rings. The Morgan fingerprint density at radius 3 is 2.62 bits per heavy atom. The minimum Gasteiger partial charge on any atom is -0.493 e. The fraction of sp³-hybridized carbons (Fsp3) is 0.286. The molecule has 0 atom stereocenters. The molecular weight excluding hydrogens is 272 g/mol. The molecule has 2 rings (SSSR count). The average molecular weight is 290 g/mol. The highest BCUT2D eigenvalue weighted by molar-refractivity contribution is 6.06. The van der Waals surface area contributed by atoms with Crippen molar-refractivity contribution in [1.82, 2.24) is 9.78 Å². The van der Waals surface area contributed by atoms with Crippen LogP contribution < -0.4 is 20.5 Å². The van der Waals surface area contributed by atoms with Crippen LogP contribution in [0.15, 0.2) is 24.4 Å². The number of hydrogen-bond acceptors (Lipinski definition) is 5. The summed E-state index contributed by atoms with van der Waals surface area (Å²) in [4.78, 5) is 12.2. The molecule has 0 radical (unpaired) electrons. The molecule has 1 amide bonds. The number of carbonyl (C=O) groups excluding carboxylic acids is 1. The van der Waals surface area contributed by atoms with Crippen molar-refractivity contribution in [3.05, 3.63) is 30.1 Å². The Balaban J connectivity index is 2.21. The lowest BCUT2D eigenvalue weighted by atomic mass is 10.2. The molecule has 0 saturated heterocycles. The van der Waals surface area contributed by atoms with E-state index in [4.69, 9.17) is 15.2 Å². The van der Waals surface area contributed by atoms with Crippen molar-refractivity contribution in [3.63, 3.8) is 0 Å². The smallest absolute Gasteiger partial charge is 0.278 e. The maximum Gasteiger partial charge on any atom is 0.278 e. The summed E-state index contributed by atoms with van der Waals surface area (Å²) in [6.07, 6.45) is 1.63. The van der Waals surface area contributed by atoms with Gasteiger partial charge in [-0.1, -0.05) is 0 Å². The number of benzene rings is 1. The van der Waals surface area contributed by atoms with E-state index in [0.717, 1.165) is 0 Å². The largest absolute Gasteiger partial charge is 0.493 e. The molecule has 0 spiro atoms. The zero-order chi connectivity index (χ0) is 15.4. The Hall–Kier alpha value is -2.70. The number of aryl methyl sites for hydroxylation is 1. The Kier molecular flexibility index (Phi) is 4.32. The standard InChI is InChI=1S/C14H18N4O3/c1-4-18-8-10(15)13(17-18)14(19)16-9-5-6-11(20-2)12(7-9)21-3/h5-8H,4,15H2,1-3H3,(H,16,19). The van der Waals surface area contributed by atoms with Gasteiger partial charge in [0.15, 0.2) is 17.2 Å². The molecule has 0 saturated carbocycles. The third-order valence-corrected chi connectivity index (χ3v) is 2.97. The first kappa shape index (κ1) is 14.7. The number of nitrogens with two attached hydrogens (primary N) is 1. The molecule has 0 bridgehead atoms. The fourth-order valence-electron chi connectivity index (χ4n) is 1.88. The molecule has 0 aliphatic carbocycles. The monoisotopic (exact) mass is 290 g/mol. The van der Waals surface area contributed by atoms with Crippen LogP contribution in [0.2, 0.25) is 0 Å². The van der Waals surface area contributed by atoms with Gasteiger partial charge in [0.2, 0.25) is 0 Å². The van der Waals surface area contributed by atoms with E-state index < -0.39 is 0 Å². The number of methoxy groups -OCH3 is 2. The molecule has 2 aromatic rings. The van der Waals surface area contributed by atoms with E-state index in [1.54, 1.807) is 36.2 Å². The van der Waals surface area contributed by atoms with Gasteiger partial charge in [0.1, 0.15) is 0 Å². The number of ether oxygens (including phenoxy) is 2. The summed E-state index contributed by atoms with van der Waals surface area (Å²) in [6, 6.07) is 5.10. The number of carbonyl (C=O) groups is 1. The van der Waals surface area contributed by atoms with E-state index in [0.29, 0.717) is 29.4 Å². The van der Waals surface area contributed by atoms with Crippen LogP contribution in [0, 0.1) is 0 Å². The molecule has 1 aromatic heterocycles. The van der Waals surface area contributed by atoms with Crippen LogP contribution in [0.5, 0.6) is 11.5 Å². The highest BCUT2D eigenvalue weighted by Gasteiger charge is 2.15. The second kappa shape index (κ2) is 6.17. The Morgan fingerprint density at radius 2 is 2.05 bits per heavy atom. The first-order valence-corrected chi connectivity index (χ1v) is 6.45. The number of amides is 1. The van der Waals surface area contributed by atoms with Crippen LogP contribution in [-0.4, -0.2) is 29.9 Å². The molecule has 1 aromatic carbocycles. The summed E-state index contributed by atoms with van der Waals surface area (Å²) in [5.41, 5.74) is 6.90. The molecule has 3 N–H and O–H groups in total. The molecular formula is C14H18N4O3. The second-order valence-corrected chi connectivity index (χ2v) is 4.31. The molecule has 7 nitrogen and oxygen atoms in total. The molecule has 21 heavy (non-hydrogen) atoms. The lowest BCUT2D eigenvalue weighted by molar-refractivity contribution is 0.102. The molecule has 112 valence electrons. The van der Waals surface area contributed by atoms with Crippen molar-refractivity contribution < 1.29 is 14.3 Å². The maximum atomic E-state index is 12.2. The normalized spacial score (nSPS) is 10.2. The molecule has 0 fully saturated rings. The number of nitrogen functional groups attached to an aromatic ring is 1. The van der Waals surface area contributed by atoms with Crippen molar-refractivity contribution in [3.8, 4) is 11.5 Å². The molecule has 1 heterocycles. The summed E-state index contributed by atoms with van der Waals surface area (Å²) in [5, 5.41) is 6.86. The van der Waals surface area contributed by atoms with Gasteiger partial charge < -0.3 is 20.5 Å². The van der Waals surface area contributed by atoms with Gasteiger partial charge >= 0.3 is 0 Å². The van der Waals surface area contributed by atoms with Crippen molar-refractivity contribution >= 4 is 17.3 Å². The van der Waals surface area contributed by atoms with Crippen LogP contribution in [0.3, 0.4) is 0 Å². The number of rotatable bonds is 5. The first-order valence-electron chi connectivity index (χ1n) is 6.45. The lowest BCUT2D eigenvalue weighted by Gasteiger charge is -2.10. The topological polar surface area (TPSA) is 91.4 Å². The van der Waals surface area contributed by atoms with Gasteiger partial charge in [-0.15, -0.1) is 0 Å². The van der Waals surface area contributed by atoms with Crippen LogP contribution in [0.25, 0.3) is 0 Å². The highest BCUT2D eigenvalue weighted by atomic mass is 16.5. The molecule has 7 heteroatoms. The van der Waals surface area contributed by atoms with Crippen molar-refractivity contribution in [2.45, 2.75) is 13.5 Å². The average Bonchev–Trinajstić information content (AvgIpc) is 2.88. The number of nitrogens with zero attached hydrogens (tertiary/aromatic N) is 2. The quantitative estimate of drug-likeness (QED) is 0.875. The van der Waals surface area contributed by atoms with Gasteiger partial charge in [-0.05, 0) is 19.1 Å². The van der Waals surface area contributed by atoms with Crippen molar-refractivity contribution in [2.75, 3.05) is 25.3 Å². The number of hydrogen-bond donors (Lipinski definition) is 2. The van der Waals surface area contributed by atoms with Gasteiger partial charge in [-0.2, -0.15) is 5.10 Å². The Bertz CT molecular complexity index is 652. The van der Waals surface area contributed by atoms with Gasteiger partial charge in [0.25, 0.3) is 5.91 Å². The van der Waals surface area contributed by atoms with Crippen molar-refractivity contribution in [1.29, 1.82) is 0 Å². The predicted molar refractivity (Wildman–Crippen MR) is 79.8 cm³/mol. The number of nitrogens with one attached hydrogen (secondary N) is 1. The van der Waals surface area contributed by atoms with Crippen LogP contribution in [0.4, 0.5) is 11.4 Å². The van der Waals surface area contributed by atoms with Crippen LogP contribution >= 0.6 is 0 Å². The van der Waals surface area contributed by atoms with E-state index in [1.807, 2.05) is 6.92 Å². The summed E-state index contributed by atoms with van der Waals surface area (Å²) in [6.45, 7) is 2.57. The molecule has 0 aliphatic heterocycles. The van der Waals surface area contributed by atoms with Gasteiger partial charge in [0, 0.05) is 24.5 Å². The van der Waals surface area contributed by atoms with E-state index in [-0.39, 0.29) is 11.6 Å². The Labute approximate surface area is 122 Å². The van der Waals surface area contributed by atoms with Gasteiger partial charge in [-0.3, -0.25) is 9.48 Å². The molecule has 0 unspecified atom stereocenters. The minimum absolute atomic E-state index is 0.201. The number of aromatic nitrogens is 2. The first-order chi connectivity index (χ1) is 10.1. The second-order valence-electron chi connectivity index (χ2n) is 4.31. The summed E-state index contributed by atoms with van der Waals surface area (Å²) in [7, 11) is 3.08. The third-order valence-electron chi connectivity index (χ3n) is 2.97. The maximum absolute atomic E-state index is 12.2. The summed E-state index contributed by atoms with van der Waals surface area (Å²) < 4.78 is 11.9. The fourth-order valence-corrected chi connectivity index (χ4v) is 1.88. The lowest BCUT2D eigenvalue weighted by Crippen LogP contribution is -2.14. The summed E-state index contributed by atoms with van der Waals surface area (Å²) >= 11 is 0. The SMILES string of the molecule is CCn1cc(N)c(C(=O)Nc2ccc(OC)c(OC)c2)n1. The number of anilines is 2. The minimum atomic E-state index is -0.369. The van der Waals surface area contributed by atoms with Gasteiger partial charge in [0.05, 0.1) is 19.9 Å². The van der Waals surface area contributed by atoms with E-state index in [2.05, 4.69) is 10.4 Å². The highest BCUT2D eigenvalue weighted by Crippen LogP contribution is 2.30.